The topological polar surface area (TPSA) is 35.5 Å². The maximum Gasteiger partial charge on any atom is 0.252 e. The van der Waals surface area contributed by atoms with Crippen LogP contribution in [0.15, 0.2) is 18.2 Å². The van der Waals surface area contributed by atoms with Crippen molar-refractivity contribution in [3.63, 3.8) is 0 Å². The first-order valence-corrected chi connectivity index (χ1v) is 3.98. The lowest BCUT2D eigenvalue weighted by atomic mass is 10.2. The molecular formula is C9H10Cl2O3. The Hall–Kier alpha value is -0.930. The summed E-state index contributed by atoms with van der Waals surface area (Å²) in [5.41, 5.74) is 0.388. The van der Waals surface area contributed by atoms with Crippen molar-refractivity contribution in [1.82, 2.24) is 0 Å². The van der Waals surface area contributed by atoms with E-state index in [1.807, 2.05) is 0 Å². The lowest BCUT2D eigenvalue weighted by molar-refractivity contribution is 0.108. The summed E-state index contributed by atoms with van der Waals surface area (Å²) in [6.07, 6.45) is 0. The number of halogens is 2. The molecule has 0 spiro atoms. The smallest absolute Gasteiger partial charge is 0.252 e. The highest BCUT2D eigenvalue weighted by molar-refractivity contribution is 6.67. The first-order chi connectivity index (χ1) is 6.19. The second-order valence-corrected chi connectivity index (χ2v) is 2.69. The molecule has 0 bridgehead atoms. The van der Waals surface area contributed by atoms with Crippen LogP contribution < -0.4 is 9.47 Å². The lowest BCUT2D eigenvalue weighted by Gasteiger charge is -2.07. The highest BCUT2D eigenvalue weighted by atomic mass is 35.5. The molecule has 0 radical (unpaired) electrons. The van der Waals surface area contributed by atoms with Crippen molar-refractivity contribution in [2.45, 2.75) is 0 Å². The monoisotopic (exact) mass is 236 g/mol. The van der Waals surface area contributed by atoms with Gasteiger partial charge in [-0.3, -0.25) is 4.79 Å². The molecule has 0 aliphatic heterocycles. The summed E-state index contributed by atoms with van der Waals surface area (Å²) < 4.78 is 9.98. The Labute approximate surface area is 93.4 Å². The molecule has 3 nitrogen and oxygen atoms in total. The van der Waals surface area contributed by atoms with Crippen LogP contribution in [0.5, 0.6) is 11.5 Å². The number of carbonyl (C=O) groups is 1. The van der Waals surface area contributed by atoms with Crippen LogP contribution in [0.25, 0.3) is 0 Å². The summed E-state index contributed by atoms with van der Waals surface area (Å²) in [5, 5.41) is -0.513. The van der Waals surface area contributed by atoms with Crippen molar-refractivity contribution in [2.75, 3.05) is 14.2 Å². The summed E-state index contributed by atoms with van der Waals surface area (Å²) in [5.74, 6) is 1.07. The molecular weight excluding hydrogens is 227 g/mol. The average Bonchev–Trinajstić information content (AvgIpc) is 2.16. The van der Waals surface area contributed by atoms with Crippen LogP contribution in [0.3, 0.4) is 0 Å². The van der Waals surface area contributed by atoms with E-state index in [0.29, 0.717) is 17.1 Å². The highest BCUT2D eigenvalue weighted by Crippen LogP contribution is 2.27. The van der Waals surface area contributed by atoms with Crippen molar-refractivity contribution in [2.24, 2.45) is 0 Å². The maximum atomic E-state index is 10.8. The van der Waals surface area contributed by atoms with Gasteiger partial charge in [-0.05, 0) is 29.8 Å². The van der Waals surface area contributed by atoms with Crippen LogP contribution in [0.2, 0.25) is 0 Å². The summed E-state index contributed by atoms with van der Waals surface area (Å²) in [6.45, 7) is 0. The third-order valence-corrected chi connectivity index (χ3v) is 1.83. The molecule has 0 saturated carbocycles. The first kappa shape index (κ1) is 13.1. The first-order valence-electron chi connectivity index (χ1n) is 3.61. The third kappa shape index (κ3) is 2.79. The van der Waals surface area contributed by atoms with Crippen LogP contribution in [0.4, 0.5) is 0 Å². The molecule has 78 valence electrons. The predicted molar refractivity (Wildman–Crippen MR) is 57.0 cm³/mol. The molecule has 0 unspecified atom stereocenters. The van der Waals surface area contributed by atoms with Crippen molar-refractivity contribution in [3.8, 4) is 11.5 Å². The quantitative estimate of drug-likeness (QED) is 0.757. The van der Waals surface area contributed by atoms with E-state index in [9.17, 15) is 4.79 Å². The fourth-order valence-electron chi connectivity index (χ4n) is 0.958. The van der Waals surface area contributed by atoms with Gasteiger partial charge in [0, 0.05) is 5.56 Å². The van der Waals surface area contributed by atoms with E-state index in [-0.39, 0.29) is 12.4 Å². The van der Waals surface area contributed by atoms with Gasteiger partial charge in [0.25, 0.3) is 5.24 Å². The Balaban J connectivity index is 0.00000169. The van der Waals surface area contributed by atoms with Crippen LogP contribution in [0, 0.1) is 0 Å². The third-order valence-electron chi connectivity index (χ3n) is 1.61. The number of carbonyl (C=O) groups excluding carboxylic acids is 1. The Bertz CT molecular complexity index is 326. The van der Waals surface area contributed by atoms with Gasteiger partial charge < -0.3 is 9.47 Å². The summed E-state index contributed by atoms with van der Waals surface area (Å²) in [4.78, 5) is 10.8. The highest BCUT2D eigenvalue weighted by Gasteiger charge is 2.07. The molecule has 0 fully saturated rings. The van der Waals surface area contributed by atoms with Gasteiger partial charge in [0.15, 0.2) is 11.5 Å². The van der Waals surface area contributed by atoms with Gasteiger partial charge >= 0.3 is 0 Å². The Kier molecular flexibility index (Phi) is 5.35. The number of methoxy groups -OCH3 is 2. The van der Waals surface area contributed by atoms with Crippen molar-refractivity contribution in [1.29, 1.82) is 0 Å². The lowest BCUT2D eigenvalue weighted by Crippen LogP contribution is -1.94. The molecule has 0 amide bonds. The Morgan fingerprint density at radius 2 is 1.79 bits per heavy atom. The van der Waals surface area contributed by atoms with Crippen LogP contribution in [-0.2, 0) is 0 Å². The molecule has 1 rings (SSSR count). The van der Waals surface area contributed by atoms with Gasteiger partial charge in [0.2, 0.25) is 0 Å². The number of hydrogen-bond donors (Lipinski definition) is 0. The minimum atomic E-state index is -0.513. The molecule has 0 atom stereocenters. The van der Waals surface area contributed by atoms with E-state index in [1.54, 1.807) is 12.1 Å². The minimum absolute atomic E-state index is 0. The fourth-order valence-corrected chi connectivity index (χ4v) is 1.08. The zero-order valence-corrected chi connectivity index (χ0v) is 9.32. The average molecular weight is 237 g/mol. The van der Waals surface area contributed by atoms with E-state index >= 15 is 0 Å². The van der Waals surface area contributed by atoms with Gasteiger partial charge in [0.05, 0.1) is 14.2 Å². The number of benzene rings is 1. The maximum absolute atomic E-state index is 10.8. The normalized spacial score (nSPS) is 8.79. The fraction of sp³-hybridized carbons (Fsp3) is 0.222. The van der Waals surface area contributed by atoms with Gasteiger partial charge in [-0.25, -0.2) is 0 Å². The van der Waals surface area contributed by atoms with Gasteiger partial charge in [0.1, 0.15) is 0 Å². The zero-order valence-electron chi connectivity index (χ0n) is 7.74. The summed E-state index contributed by atoms with van der Waals surface area (Å²) >= 11 is 5.29. The number of ether oxygens (including phenoxy) is 2. The molecule has 14 heavy (non-hydrogen) atoms. The minimum Gasteiger partial charge on any atom is -0.493 e. The standard InChI is InChI=1S/C9H9ClO3.ClH/c1-12-7-4-3-6(9(10)11)5-8(7)13-2;/h3-5H,1-2H3;1H. The molecule has 0 heterocycles. The molecule has 0 aromatic heterocycles. The van der Waals surface area contributed by atoms with Gasteiger partial charge in [-0.1, -0.05) is 0 Å². The predicted octanol–water partition coefficient (Wildman–Crippen LogP) is 2.50. The molecule has 1 aromatic rings. The van der Waals surface area contributed by atoms with E-state index in [0.717, 1.165) is 0 Å². The molecule has 0 saturated heterocycles. The zero-order chi connectivity index (χ0) is 9.84. The molecule has 1 aromatic carbocycles. The molecule has 5 heteroatoms. The molecule has 0 aliphatic rings. The van der Waals surface area contributed by atoms with Crippen molar-refractivity contribution in [3.05, 3.63) is 23.8 Å². The van der Waals surface area contributed by atoms with Crippen molar-refractivity contribution < 1.29 is 14.3 Å². The Morgan fingerprint density at radius 1 is 1.21 bits per heavy atom. The summed E-state index contributed by atoms with van der Waals surface area (Å²) in [6, 6.07) is 4.75. The molecule has 0 N–H and O–H groups in total. The van der Waals surface area contributed by atoms with Gasteiger partial charge in [-0.15, -0.1) is 12.4 Å². The van der Waals surface area contributed by atoms with E-state index < -0.39 is 5.24 Å². The van der Waals surface area contributed by atoms with Crippen molar-refractivity contribution >= 4 is 29.3 Å². The Morgan fingerprint density at radius 3 is 2.21 bits per heavy atom. The number of rotatable bonds is 3. The van der Waals surface area contributed by atoms with E-state index in [1.165, 1.54) is 20.3 Å². The van der Waals surface area contributed by atoms with Crippen LogP contribution in [0.1, 0.15) is 10.4 Å². The largest absolute Gasteiger partial charge is 0.493 e. The SMILES string of the molecule is COc1ccc(C(=O)Cl)cc1OC.Cl. The van der Waals surface area contributed by atoms with Crippen LogP contribution >= 0.6 is 24.0 Å². The second-order valence-electron chi connectivity index (χ2n) is 2.34. The number of hydrogen-bond acceptors (Lipinski definition) is 3. The van der Waals surface area contributed by atoms with Crippen LogP contribution in [-0.4, -0.2) is 19.5 Å². The van der Waals surface area contributed by atoms with E-state index in [2.05, 4.69) is 0 Å². The molecule has 0 aliphatic carbocycles. The van der Waals surface area contributed by atoms with Gasteiger partial charge in [-0.2, -0.15) is 0 Å². The van der Waals surface area contributed by atoms with E-state index in [4.69, 9.17) is 21.1 Å². The summed E-state index contributed by atoms with van der Waals surface area (Å²) in [7, 11) is 3.03. The second kappa shape index (κ2) is 5.73.